The molecule has 5 heteroatoms. The van der Waals surface area contributed by atoms with E-state index in [1.54, 1.807) is 18.4 Å². The molecule has 1 heterocycles. The molecule has 0 bridgehead atoms. The molecule has 0 aliphatic rings. The van der Waals surface area contributed by atoms with Crippen molar-refractivity contribution in [2.45, 2.75) is 46.2 Å². The molecular weight excluding hydrogens is 258 g/mol. The van der Waals surface area contributed by atoms with E-state index < -0.39 is 0 Å². The smallest absolute Gasteiger partial charge is 0.185 e. The topological polar surface area (TPSA) is 37.4 Å². The minimum Gasteiger partial charge on any atom is -0.383 e. The van der Waals surface area contributed by atoms with Crippen LogP contribution in [-0.4, -0.2) is 37.8 Å². The highest BCUT2D eigenvalue weighted by molar-refractivity contribution is 7.15. The van der Waals surface area contributed by atoms with Gasteiger partial charge in [-0.25, -0.2) is 4.98 Å². The van der Waals surface area contributed by atoms with E-state index in [0.717, 1.165) is 31.2 Å². The fourth-order valence-corrected chi connectivity index (χ4v) is 2.94. The van der Waals surface area contributed by atoms with Gasteiger partial charge >= 0.3 is 0 Å². The predicted octanol–water partition coefficient (Wildman–Crippen LogP) is 3.06. The van der Waals surface area contributed by atoms with E-state index in [4.69, 9.17) is 4.74 Å². The fourth-order valence-electron chi connectivity index (χ4n) is 1.84. The second-order valence-corrected chi connectivity index (χ2v) is 6.04. The molecule has 0 spiro atoms. The van der Waals surface area contributed by atoms with Crippen molar-refractivity contribution in [2.75, 3.05) is 31.7 Å². The highest BCUT2D eigenvalue weighted by Gasteiger charge is 2.16. The Morgan fingerprint density at radius 1 is 1.42 bits per heavy atom. The first kappa shape index (κ1) is 16.4. The first-order valence-corrected chi connectivity index (χ1v) is 7.86. The number of rotatable bonds is 9. The number of hydrogen-bond acceptors (Lipinski definition) is 5. The SMILES string of the molecule is CCCNC(C)c1cnc(N(CCOC)C(C)C)s1. The quantitative estimate of drug-likeness (QED) is 0.756. The molecular formula is C14H27N3OS. The van der Waals surface area contributed by atoms with Crippen LogP contribution in [0.5, 0.6) is 0 Å². The summed E-state index contributed by atoms with van der Waals surface area (Å²) in [5, 5.41) is 4.59. The Morgan fingerprint density at radius 2 is 2.16 bits per heavy atom. The van der Waals surface area contributed by atoms with Gasteiger partial charge in [0.05, 0.1) is 6.61 Å². The zero-order valence-corrected chi connectivity index (χ0v) is 13.6. The molecule has 0 aliphatic heterocycles. The van der Waals surface area contributed by atoms with Gasteiger partial charge in [-0.15, -0.1) is 11.3 Å². The van der Waals surface area contributed by atoms with Gasteiger partial charge in [0.25, 0.3) is 0 Å². The van der Waals surface area contributed by atoms with Crippen molar-refractivity contribution in [3.05, 3.63) is 11.1 Å². The minimum absolute atomic E-state index is 0.377. The van der Waals surface area contributed by atoms with Crippen LogP contribution in [0.1, 0.15) is 45.0 Å². The largest absolute Gasteiger partial charge is 0.383 e. The molecule has 0 radical (unpaired) electrons. The number of nitrogens with one attached hydrogen (secondary N) is 1. The molecule has 0 saturated heterocycles. The van der Waals surface area contributed by atoms with Gasteiger partial charge in [-0.05, 0) is 33.7 Å². The van der Waals surface area contributed by atoms with Crippen molar-refractivity contribution in [2.24, 2.45) is 0 Å². The van der Waals surface area contributed by atoms with Gasteiger partial charge in [-0.3, -0.25) is 0 Å². The summed E-state index contributed by atoms with van der Waals surface area (Å²) in [6.07, 6.45) is 3.15. The van der Waals surface area contributed by atoms with Gasteiger partial charge in [-0.1, -0.05) is 6.92 Å². The molecule has 1 unspecified atom stereocenters. The van der Waals surface area contributed by atoms with E-state index in [-0.39, 0.29) is 0 Å². The molecule has 1 aromatic heterocycles. The van der Waals surface area contributed by atoms with Crippen molar-refractivity contribution < 1.29 is 4.74 Å². The third kappa shape index (κ3) is 5.09. The molecule has 19 heavy (non-hydrogen) atoms. The predicted molar refractivity (Wildman–Crippen MR) is 83.2 cm³/mol. The summed E-state index contributed by atoms with van der Waals surface area (Å²) in [5.41, 5.74) is 0. The summed E-state index contributed by atoms with van der Waals surface area (Å²) in [7, 11) is 1.74. The van der Waals surface area contributed by atoms with E-state index in [2.05, 4.69) is 42.9 Å². The van der Waals surface area contributed by atoms with Crippen LogP contribution in [0.25, 0.3) is 0 Å². The summed E-state index contributed by atoms with van der Waals surface area (Å²) in [6, 6.07) is 0.815. The molecule has 4 nitrogen and oxygen atoms in total. The van der Waals surface area contributed by atoms with Crippen molar-refractivity contribution in [3.8, 4) is 0 Å². The van der Waals surface area contributed by atoms with E-state index in [0.29, 0.717) is 12.1 Å². The molecule has 0 aliphatic carbocycles. The number of anilines is 1. The molecule has 1 rings (SSSR count). The van der Waals surface area contributed by atoms with Gasteiger partial charge < -0.3 is 15.0 Å². The second-order valence-electron chi connectivity index (χ2n) is 5.00. The molecule has 110 valence electrons. The van der Waals surface area contributed by atoms with Crippen LogP contribution >= 0.6 is 11.3 Å². The Balaban J connectivity index is 2.69. The van der Waals surface area contributed by atoms with Crippen LogP contribution in [0.3, 0.4) is 0 Å². The van der Waals surface area contributed by atoms with Crippen LogP contribution in [0, 0.1) is 0 Å². The lowest BCUT2D eigenvalue weighted by Crippen LogP contribution is -2.33. The summed E-state index contributed by atoms with van der Waals surface area (Å²) in [5.74, 6) is 0. The van der Waals surface area contributed by atoms with Crippen LogP contribution in [-0.2, 0) is 4.74 Å². The fraction of sp³-hybridized carbons (Fsp3) is 0.786. The molecule has 1 atom stereocenters. The Hall–Kier alpha value is -0.650. The second kappa shape index (κ2) is 8.51. The number of aromatic nitrogens is 1. The van der Waals surface area contributed by atoms with Gasteiger partial charge in [-0.2, -0.15) is 0 Å². The summed E-state index contributed by atoms with van der Waals surface area (Å²) < 4.78 is 5.17. The van der Waals surface area contributed by atoms with Crippen LogP contribution in [0.4, 0.5) is 5.13 Å². The standard InChI is InChI=1S/C14H27N3OS/c1-6-7-15-12(4)13-10-16-14(19-13)17(11(2)3)8-9-18-5/h10-12,15H,6-9H2,1-5H3. The maximum atomic E-state index is 5.17. The lowest BCUT2D eigenvalue weighted by atomic mass is 10.3. The number of methoxy groups -OCH3 is 1. The molecule has 0 amide bonds. The third-order valence-corrected chi connectivity index (χ3v) is 4.26. The Morgan fingerprint density at radius 3 is 2.74 bits per heavy atom. The van der Waals surface area contributed by atoms with Crippen molar-refractivity contribution in [1.29, 1.82) is 0 Å². The summed E-state index contributed by atoms with van der Waals surface area (Å²) in [4.78, 5) is 8.16. The third-order valence-electron chi connectivity index (χ3n) is 3.04. The molecule has 1 N–H and O–H groups in total. The normalized spacial score (nSPS) is 12.9. The number of ether oxygens (including phenoxy) is 1. The first-order valence-electron chi connectivity index (χ1n) is 7.04. The van der Waals surface area contributed by atoms with E-state index in [1.165, 1.54) is 4.88 Å². The molecule has 0 fully saturated rings. The van der Waals surface area contributed by atoms with Gasteiger partial charge in [0.1, 0.15) is 0 Å². The first-order chi connectivity index (χ1) is 9.10. The number of hydrogen-bond donors (Lipinski definition) is 1. The average molecular weight is 285 g/mol. The lowest BCUT2D eigenvalue weighted by molar-refractivity contribution is 0.204. The summed E-state index contributed by atoms with van der Waals surface area (Å²) in [6.45, 7) is 11.4. The number of thiazole rings is 1. The van der Waals surface area contributed by atoms with Crippen molar-refractivity contribution in [1.82, 2.24) is 10.3 Å². The van der Waals surface area contributed by atoms with Crippen molar-refractivity contribution in [3.63, 3.8) is 0 Å². The maximum Gasteiger partial charge on any atom is 0.185 e. The van der Waals surface area contributed by atoms with E-state index in [1.807, 2.05) is 6.20 Å². The van der Waals surface area contributed by atoms with E-state index >= 15 is 0 Å². The Labute approximate surface area is 121 Å². The van der Waals surface area contributed by atoms with Gasteiger partial charge in [0.15, 0.2) is 5.13 Å². The Kier molecular flexibility index (Phi) is 7.34. The van der Waals surface area contributed by atoms with Gasteiger partial charge in [0, 0.05) is 36.8 Å². The lowest BCUT2D eigenvalue weighted by Gasteiger charge is -2.25. The van der Waals surface area contributed by atoms with E-state index in [9.17, 15) is 0 Å². The van der Waals surface area contributed by atoms with Crippen molar-refractivity contribution >= 4 is 16.5 Å². The summed E-state index contributed by atoms with van der Waals surface area (Å²) >= 11 is 1.78. The minimum atomic E-state index is 0.377. The van der Waals surface area contributed by atoms with Crippen LogP contribution in [0.2, 0.25) is 0 Å². The monoisotopic (exact) mass is 285 g/mol. The molecule has 1 aromatic rings. The molecule has 0 aromatic carbocycles. The van der Waals surface area contributed by atoms with Crippen LogP contribution in [0.15, 0.2) is 6.20 Å². The zero-order chi connectivity index (χ0) is 14.3. The zero-order valence-electron chi connectivity index (χ0n) is 12.8. The average Bonchev–Trinajstić information content (AvgIpc) is 2.85. The highest BCUT2D eigenvalue weighted by Crippen LogP contribution is 2.28. The Bertz CT molecular complexity index is 354. The van der Waals surface area contributed by atoms with Crippen LogP contribution < -0.4 is 10.2 Å². The molecule has 0 saturated carbocycles. The van der Waals surface area contributed by atoms with Gasteiger partial charge in [0.2, 0.25) is 0 Å². The maximum absolute atomic E-state index is 5.17. The number of nitrogens with zero attached hydrogens (tertiary/aromatic N) is 2. The highest BCUT2D eigenvalue weighted by atomic mass is 32.1.